The molecule has 0 radical (unpaired) electrons. The van der Waals surface area contributed by atoms with Crippen LogP contribution in [0.15, 0.2) is 0 Å². The molecule has 0 N–H and O–H groups in total. The molecule has 0 saturated carbocycles. The molecule has 0 fully saturated rings. The summed E-state index contributed by atoms with van der Waals surface area (Å²) < 4.78 is 21.2. The largest absolute Gasteiger partial charge is 0.465 e. The third-order valence-electron chi connectivity index (χ3n) is 12.0. The zero-order chi connectivity index (χ0) is 50.8. The number of unbranched alkanes of at least 4 members (excludes halogenated alkanes) is 22. The number of esters is 4. The lowest BCUT2D eigenvalue weighted by Gasteiger charge is -2.23. The average Bonchev–Trinajstić information content (AvgIpc) is 3.30. The Morgan fingerprint density at radius 1 is 0.373 bits per heavy atom. The molecule has 0 saturated heterocycles. The molecule has 0 aliphatic rings. The predicted octanol–water partition coefficient (Wildman–Crippen LogP) is 14.6. The summed E-state index contributed by atoms with van der Waals surface area (Å²) in [5.74, 6) is -0.553. The number of hydrogen-bond acceptors (Lipinski definition) is 11. The van der Waals surface area contributed by atoms with Gasteiger partial charge in [0.1, 0.15) is 23.8 Å². The molecule has 0 amide bonds. The third-order valence-corrected chi connectivity index (χ3v) is 12.0. The lowest BCUT2D eigenvalue weighted by Crippen LogP contribution is -2.41. The molecule has 0 aromatic carbocycles. The van der Waals surface area contributed by atoms with E-state index in [4.69, 9.17) is 18.9 Å². The monoisotopic (exact) mass is 954 g/mol. The Morgan fingerprint density at radius 2 is 0.701 bits per heavy atom. The fraction of sp³-hybridized carbons (Fsp3) is 0.893. The highest BCUT2D eigenvalue weighted by Gasteiger charge is 2.24. The molecule has 396 valence electrons. The molecule has 0 aromatic heterocycles. The highest BCUT2D eigenvalue weighted by Crippen LogP contribution is 2.14. The first-order valence-electron chi connectivity index (χ1n) is 27.7. The van der Waals surface area contributed by atoms with Gasteiger partial charge in [-0.25, -0.2) is 0 Å². The van der Waals surface area contributed by atoms with Crippen LogP contribution in [0.5, 0.6) is 0 Å². The summed E-state index contributed by atoms with van der Waals surface area (Å²) in [5.41, 5.74) is 0. The van der Waals surface area contributed by atoms with Crippen LogP contribution in [0.2, 0.25) is 0 Å². The van der Waals surface area contributed by atoms with Crippen molar-refractivity contribution in [3.63, 3.8) is 0 Å². The number of ether oxygens (including phenoxy) is 4. The van der Waals surface area contributed by atoms with Crippen LogP contribution in [0, 0.1) is 5.92 Å². The second-order valence-electron chi connectivity index (χ2n) is 18.8. The Morgan fingerprint density at radius 3 is 1.06 bits per heavy atom. The van der Waals surface area contributed by atoms with E-state index in [0.29, 0.717) is 30.7 Å². The van der Waals surface area contributed by atoms with Gasteiger partial charge in [-0.15, -0.1) is 0 Å². The normalized spacial score (nSPS) is 12.2. The molecule has 0 heterocycles. The maximum atomic E-state index is 12.5. The molecule has 0 spiro atoms. The Hall–Kier alpha value is -2.82. The van der Waals surface area contributed by atoms with E-state index < -0.39 is 30.1 Å². The van der Waals surface area contributed by atoms with Crippen molar-refractivity contribution >= 4 is 35.4 Å². The third kappa shape index (κ3) is 52.4. The number of nitrogens with zero attached hydrogens (tertiary/aromatic N) is 1. The van der Waals surface area contributed by atoms with E-state index in [-0.39, 0.29) is 32.0 Å². The first-order chi connectivity index (χ1) is 32.2. The van der Waals surface area contributed by atoms with Gasteiger partial charge in [0.15, 0.2) is 0 Å². The molecule has 3 atom stereocenters. The van der Waals surface area contributed by atoms with Gasteiger partial charge in [-0.3, -0.25) is 33.7 Å². The summed E-state index contributed by atoms with van der Waals surface area (Å²) in [4.78, 5) is 72.7. The van der Waals surface area contributed by atoms with Gasteiger partial charge < -0.3 is 18.9 Å². The minimum Gasteiger partial charge on any atom is -0.465 e. The number of hydrogen-bond donors (Lipinski definition) is 0. The molecule has 11 heteroatoms. The van der Waals surface area contributed by atoms with Gasteiger partial charge in [0.05, 0.1) is 32.8 Å². The van der Waals surface area contributed by atoms with Crippen LogP contribution in [0.1, 0.15) is 275 Å². The van der Waals surface area contributed by atoms with E-state index in [1.54, 1.807) is 20.8 Å². The van der Waals surface area contributed by atoms with Gasteiger partial charge in [0.2, 0.25) is 0 Å². The van der Waals surface area contributed by atoms with Crippen LogP contribution in [0.25, 0.3) is 0 Å². The summed E-state index contributed by atoms with van der Waals surface area (Å²) in [6.07, 6.45) is 34.2. The number of rotatable bonds is 44. The van der Waals surface area contributed by atoms with Crippen LogP contribution < -0.4 is 0 Å². The molecular formula is C56H107NO10. The van der Waals surface area contributed by atoms with E-state index in [1.807, 2.05) is 6.92 Å². The van der Waals surface area contributed by atoms with Crippen LogP contribution in [0.3, 0.4) is 0 Å². The molecule has 0 aliphatic carbocycles. The molecule has 0 bridgehead atoms. The Kier molecular flexibility index (Phi) is 53.7. The molecular weight excluding hydrogens is 847 g/mol. The van der Waals surface area contributed by atoms with Crippen molar-refractivity contribution in [1.82, 2.24) is 4.90 Å². The summed E-state index contributed by atoms with van der Waals surface area (Å²) >= 11 is 0. The maximum Gasteiger partial charge on any atom is 0.320 e. The lowest BCUT2D eigenvalue weighted by molar-refractivity contribution is -0.166. The van der Waals surface area contributed by atoms with Crippen molar-refractivity contribution in [2.45, 2.75) is 287 Å². The summed E-state index contributed by atoms with van der Waals surface area (Å²) in [5, 5.41) is 0. The predicted molar refractivity (Wildman–Crippen MR) is 276 cm³/mol. The van der Waals surface area contributed by atoms with E-state index >= 15 is 0 Å². The van der Waals surface area contributed by atoms with E-state index in [2.05, 4.69) is 41.5 Å². The van der Waals surface area contributed by atoms with Crippen LogP contribution in [-0.4, -0.2) is 85.4 Å². The van der Waals surface area contributed by atoms with Crippen LogP contribution >= 0.6 is 0 Å². The van der Waals surface area contributed by atoms with Crippen molar-refractivity contribution in [3.8, 4) is 0 Å². The molecule has 0 aromatic rings. The summed E-state index contributed by atoms with van der Waals surface area (Å²) in [6, 6.07) is 0. The fourth-order valence-corrected chi connectivity index (χ4v) is 7.04. The van der Waals surface area contributed by atoms with Crippen LogP contribution in [-0.2, 0) is 47.7 Å². The Bertz CT molecular complexity index is 1140. The second-order valence-corrected chi connectivity index (χ2v) is 18.8. The Labute approximate surface area is 412 Å². The smallest absolute Gasteiger partial charge is 0.320 e. The molecule has 0 rings (SSSR count). The minimum absolute atomic E-state index is 0.223. The van der Waals surface area contributed by atoms with Gasteiger partial charge in [0, 0.05) is 32.1 Å². The van der Waals surface area contributed by atoms with Gasteiger partial charge in [-0.05, 0) is 45.4 Å². The second kappa shape index (κ2) is 52.5. The molecule has 11 nitrogen and oxygen atoms in total. The zero-order valence-corrected chi connectivity index (χ0v) is 45.4. The van der Waals surface area contributed by atoms with Crippen molar-refractivity contribution in [1.29, 1.82) is 0 Å². The summed E-state index contributed by atoms with van der Waals surface area (Å²) in [6.45, 7) is 19.9. The number of Topliss-reactive ketones (excluding diaryl/α,β-unsaturated/α-hetero) is 2. The standard InChI is InChI=1S/C29H53NO8.C15H30O.C12H24O/c1-6-9-11-13-15-17-19-35-27(32)21-30(22-28(33)36-20-18-16-14-12-10-7-2)23-29(34)38-25(5)24(4)37-26(31)8-3;1-4-6-7-8-9-10-11-12-15(16)13-14(3)5-2;1-3-5-6-7-8-9-10-11-12(13)4-2/h24-25H,6-23H2,1-5H3;14H,4-13H2,1-3H3;3-11H2,1-2H3. The highest BCUT2D eigenvalue weighted by molar-refractivity contribution is 5.79. The Balaban J connectivity index is -0.00000115. The van der Waals surface area contributed by atoms with Crippen molar-refractivity contribution in [2.75, 3.05) is 32.8 Å². The first-order valence-corrected chi connectivity index (χ1v) is 27.7. The topological polar surface area (TPSA) is 143 Å². The van der Waals surface area contributed by atoms with Crippen molar-refractivity contribution in [2.24, 2.45) is 5.92 Å². The van der Waals surface area contributed by atoms with Crippen molar-refractivity contribution in [3.05, 3.63) is 0 Å². The van der Waals surface area contributed by atoms with E-state index in [0.717, 1.165) is 83.5 Å². The number of carbonyl (C=O) groups is 6. The number of carbonyl (C=O) groups excluding carboxylic acids is 6. The van der Waals surface area contributed by atoms with Crippen molar-refractivity contribution < 1.29 is 47.7 Å². The SMILES string of the molecule is CCCCCCCCCC(=O)CC.CCCCCCCCCC(=O)CC(C)CC.CCCCCCCCOC(=O)CN(CC(=O)OCCCCCCCC)CC(=O)OC(C)C(C)OC(=O)CC. The number of ketones is 2. The van der Waals surface area contributed by atoms with Gasteiger partial charge in [-0.1, -0.05) is 203 Å². The van der Waals surface area contributed by atoms with Gasteiger partial charge in [0.25, 0.3) is 0 Å². The quantitative estimate of drug-likeness (QED) is 0.0327. The molecule has 3 unspecified atom stereocenters. The molecule has 67 heavy (non-hydrogen) atoms. The van der Waals surface area contributed by atoms with E-state index in [9.17, 15) is 28.8 Å². The zero-order valence-electron chi connectivity index (χ0n) is 45.4. The summed E-state index contributed by atoms with van der Waals surface area (Å²) in [7, 11) is 0. The maximum absolute atomic E-state index is 12.5. The van der Waals surface area contributed by atoms with E-state index in [1.165, 1.54) is 120 Å². The minimum atomic E-state index is -0.681. The molecule has 0 aliphatic heterocycles. The highest BCUT2D eigenvalue weighted by atomic mass is 16.6. The average molecular weight is 954 g/mol. The lowest BCUT2D eigenvalue weighted by atomic mass is 9.98. The fourth-order valence-electron chi connectivity index (χ4n) is 7.04. The van der Waals surface area contributed by atoms with Gasteiger partial charge in [-0.2, -0.15) is 0 Å². The first kappa shape index (κ1) is 68.4. The van der Waals surface area contributed by atoms with Crippen LogP contribution in [0.4, 0.5) is 0 Å². The van der Waals surface area contributed by atoms with Gasteiger partial charge >= 0.3 is 23.9 Å².